The maximum absolute atomic E-state index is 10.2. The van der Waals surface area contributed by atoms with E-state index in [1.165, 1.54) is 57.8 Å². The van der Waals surface area contributed by atoms with Gasteiger partial charge in [0.05, 0.1) is 6.10 Å². The van der Waals surface area contributed by atoms with Gasteiger partial charge in [-0.1, -0.05) is 46.0 Å². The van der Waals surface area contributed by atoms with Gasteiger partial charge in [-0.05, 0) is 37.5 Å². The van der Waals surface area contributed by atoms with Gasteiger partial charge in [0.2, 0.25) is 0 Å². The first kappa shape index (κ1) is 13.0. The number of rotatable bonds is 7. The van der Waals surface area contributed by atoms with Crippen LogP contribution in [-0.2, 0) is 0 Å². The van der Waals surface area contributed by atoms with Crippen LogP contribution in [0.2, 0.25) is 0 Å². The third-order valence-electron chi connectivity index (χ3n) is 3.98. The predicted octanol–water partition coefficient (Wildman–Crippen LogP) is 4.14. The van der Waals surface area contributed by atoms with Crippen LogP contribution < -0.4 is 0 Å². The lowest BCUT2D eigenvalue weighted by molar-refractivity contribution is 0.0817. The average molecular weight is 212 g/mol. The summed E-state index contributed by atoms with van der Waals surface area (Å²) in [6.07, 6.45) is 11.6. The van der Waals surface area contributed by atoms with Gasteiger partial charge in [-0.2, -0.15) is 0 Å². The van der Waals surface area contributed by atoms with Crippen LogP contribution in [-0.4, -0.2) is 11.2 Å². The van der Waals surface area contributed by atoms with E-state index >= 15 is 0 Å². The molecule has 0 bridgehead atoms. The largest absolute Gasteiger partial charge is 0.393 e. The Hall–Kier alpha value is -0.0400. The number of aliphatic hydroxyl groups excluding tert-OH is 1. The minimum atomic E-state index is 0.0217. The van der Waals surface area contributed by atoms with Gasteiger partial charge in [-0.25, -0.2) is 0 Å². The second kappa shape index (κ2) is 7.27. The van der Waals surface area contributed by atoms with Crippen molar-refractivity contribution >= 4 is 0 Å². The summed E-state index contributed by atoms with van der Waals surface area (Å²) in [5.74, 6) is 1.25. The number of hydrogen-bond acceptors (Lipinski definition) is 1. The van der Waals surface area contributed by atoms with E-state index in [9.17, 15) is 5.11 Å². The Morgan fingerprint density at radius 2 is 1.40 bits per heavy atom. The molecule has 3 atom stereocenters. The number of hydrogen-bond donors (Lipinski definition) is 1. The zero-order chi connectivity index (χ0) is 11.1. The Labute approximate surface area is 95.3 Å². The zero-order valence-electron chi connectivity index (χ0n) is 10.5. The molecule has 1 rings (SSSR count). The van der Waals surface area contributed by atoms with Crippen molar-refractivity contribution in [1.29, 1.82) is 0 Å². The van der Waals surface area contributed by atoms with Crippen molar-refractivity contribution in [3.63, 3.8) is 0 Å². The van der Waals surface area contributed by atoms with E-state index in [2.05, 4.69) is 13.8 Å². The van der Waals surface area contributed by atoms with E-state index in [4.69, 9.17) is 0 Å². The topological polar surface area (TPSA) is 20.2 Å². The molecule has 3 unspecified atom stereocenters. The minimum absolute atomic E-state index is 0.0217. The van der Waals surface area contributed by atoms with Crippen molar-refractivity contribution in [2.24, 2.45) is 11.8 Å². The smallest absolute Gasteiger partial charge is 0.0596 e. The van der Waals surface area contributed by atoms with Crippen LogP contribution in [0, 0.1) is 11.8 Å². The molecule has 0 radical (unpaired) electrons. The van der Waals surface area contributed by atoms with Gasteiger partial charge < -0.3 is 5.11 Å². The minimum Gasteiger partial charge on any atom is -0.393 e. The molecule has 0 aliphatic heterocycles. The van der Waals surface area contributed by atoms with Crippen LogP contribution in [0.5, 0.6) is 0 Å². The quantitative estimate of drug-likeness (QED) is 0.629. The zero-order valence-corrected chi connectivity index (χ0v) is 10.5. The van der Waals surface area contributed by atoms with E-state index in [0.29, 0.717) is 11.8 Å². The second-order valence-electron chi connectivity index (χ2n) is 5.23. The molecule has 1 N–H and O–H groups in total. The molecule has 0 aromatic carbocycles. The second-order valence-corrected chi connectivity index (χ2v) is 5.23. The summed E-state index contributed by atoms with van der Waals surface area (Å²) >= 11 is 0. The standard InChI is InChI=1S/C14H28O/c1-3-5-7-9-13-11-10-12(14(13)15)8-6-4-2/h12-15H,3-11H2,1-2H3. The Bertz CT molecular complexity index is 155. The molecule has 1 aliphatic carbocycles. The Morgan fingerprint density at radius 1 is 0.867 bits per heavy atom. The molecule has 15 heavy (non-hydrogen) atoms. The Morgan fingerprint density at radius 3 is 1.93 bits per heavy atom. The first-order chi connectivity index (χ1) is 7.29. The van der Waals surface area contributed by atoms with Gasteiger partial charge in [0.1, 0.15) is 0 Å². The lowest BCUT2D eigenvalue weighted by Gasteiger charge is -2.19. The van der Waals surface area contributed by atoms with Crippen LogP contribution in [0.25, 0.3) is 0 Å². The highest BCUT2D eigenvalue weighted by Gasteiger charge is 2.33. The average Bonchev–Trinajstić information content (AvgIpc) is 2.58. The molecule has 0 spiro atoms. The Balaban J connectivity index is 2.19. The molecule has 1 nitrogen and oxygen atoms in total. The first-order valence-electron chi connectivity index (χ1n) is 6.97. The van der Waals surface area contributed by atoms with Crippen LogP contribution in [0.4, 0.5) is 0 Å². The third-order valence-corrected chi connectivity index (χ3v) is 3.98. The lowest BCUT2D eigenvalue weighted by atomic mass is 9.93. The van der Waals surface area contributed by atoms with E-state index in [0.717, 1.165) is 0 Å². The van der Waals surface area contributed by atoms with Gasteiger partial charge in [-0.15, -0.1) is 0 Å². The highest BCUT2D eigenvalue weighted by atomic mass is 16.3. The normalized spacial score (nSPS) is 31.0. The van der Waals surface area contributed by atoms with Gasteiger partial charge in [-0.3, -0.25) is 0 Å². The van der Waals surface area contributed by atoms with E-state index in [1.54, 1.807) is 0 Å². The molecule has 90 valence electrons. The fourth-order valence-electron chi connectivity index (χ4n) is 2.91. The van der Waals surface area contributed by atoms with Crippen molar-refractivity contribution in [2.45, 2.75) is 77.7 Å². The molecule has 1 fully saturated rings. The van der Waals surface area contributed by atoms with Crippen molar-refractivity contribution in [3.8, 4) is 0 Å². The predicted molar refractivity (Wildman–Crippen MR) is 65.9 cm³/mol. The van der Waals surface area contributed by atoms with Crippen molar-refractivity contribution in [3.05, 3.63) is 0 Å². The van der Waals surface area contributed by atoms with Crippen LogP contribution in [0.3, 0.4) is 0 Å². The van der Waals surface area contributed by atoms with Crippen molar-refractivity contribution in [1.82, 2.24) is 0 Å². The van der Waals surface area contributed by atoms with Gasteiger partial charge in [0.15, 0.2) is 0 Å². The Kier molecular flexibility index (Phi) is 6.31. The number of unbranched alkanes of at least 4 members (excludes halogenated alkanes) is 3. The monoisotopic (exact) mass is 212 g/mol. The third kappa shape index (κ3) is 4.14. The molecular weight excluding hydrogens is 184 g/mol. The highest BCUT2D eigenvalue weighted by molar-refractivity contribution is 4.84. The summed E-state index contributed by atoms with van der Waals surface area (Å²) in [6.45, 7) is 4.48. The molecule has 0 aromatic rings. The molecule has 1 heteroatoms. The number of aliphatic hydroxyl groups is 1. The maximum atomic E-state index is 10.2. The fourth-order valence-corrected chi connectivity index (χ4v) is 2.91. The highest BCUT2D eigenvalue weighted by Crippen LogP contribution is 2.37. The summed E-state index contributed by atoms with van der Waals surface area (Å²) in [6, 6.07) is 0. The summed E-state index contributed by atoms with van der Waals surface area (Å²) < 4.78 is 0. The fraction of sp³-hybridized carbons (Fsp3) is 1.00. The molecule has 0 amide bonds. The molecule has 1 aliphatic rings. The molecule has 0 saturated heterocycles. The van der Waals surface area contributed by atoms with Crippen LogP contribution >= 0.6 is 0 Å². The SMILES string of the molecule is CCCCCC1CCC(CCCC)C1O. The summed E-state index contributed by atoms with van der Waals surface area (Å²) in [4.78, 5) is 0. The van der Waals surface area contributed by atoms with Crippen molar-refractivity contribution in [2.75, 3.05) is 0 Å². The summed E-state index contributed by atoms with van der Waals surface area (Å²) in [5, 5.41) is 10.2. The van der Waals surface area contributed by atoms with E-state index in [-0.39, 0.29) is 6.10 Å². The van der Waals surface area contributed by atoms with E-state index in [1.807, 2.05) is 0 Å². The van der Waals surface area contributed by atoms with Gasteiger partial charge in [0.25, 0.3) is 0 Å². The molecule has 0 heterocycles. The summed E-state index contributed by atoms with van der Waals surface area (Å²) in [5.41, 5.74) is 0. The maximum Gasteiger partial charge on any atom is 0.0596 e. The lowest BCUT2D eigenvalue weighted by Crippen LogP contribution is -2.20. The van der Waals surface area contributed by atoms with Crippen LogP contribution in [0.1, 0.15) is 71.6 Å². The first-order valence-corrected chi connectivity index (χ1v) is 6.97. The molecule has 0 aromatic heterocycles. The van der Waals surface area contributed by atoms with Gasteiger partial charge in [0, 0.05) is 0 Å². The molecular formula is C14H28O. The van der Waals surface area contributed by atoms with Crippen LogP contribution in [0.15, 0.2) is 0 Å². The van der Waals surface area contributed by atoms with E-state index < -0.39 is 0 Å². The van der Waals surface area contributed by atoms with Gasteiger partial charge >= 0.3 is 0 Å². The van der Waals surface area contributed by atoms with Crippen molar-refractivity contribution < 1.29 is 5.11 Å². The molecule has 1 saturated carbocycles. The summed E-state index contributed by atoms with van der Waals surface area (Å²) in [7, 11) is 0.